The minimum Gasteiger partial charge on any atom is -0.339 e. The molecule has 1 N–H and O–H groups in total. The molecule has 0 bridgehead atoms. The fraction of sp³-hybridized carbons (Fsp3) is 0.250. The zero-order chi connectivity index (χ0) is 16.4. The van der Waals surface area contributed by atoms with Crippen LogP contribution in [0.1, 0.15) is 18.6 Å². The Morgan fingerprint density at radius 3 is 2.92 bits per heavy atom. The minimum absolute atomic E-state index is 0.663. The van der Waals surface area contributed by atoms with Gasteiger partial charge in [-0.1, -0.05) is 12.1 Å². The number of nitrogens with one attached hydrogen (secondary N) is 1. The predicted molar refractivity (Wildman–Crippen MR) is 90.5 cm³/mol. The average Bonchev–Trinajstić information content (AvgIpc) is 3.40. The first-order chi connectivity index (χ1) is 11.8. The summed E-state index contributed by atoms with van der Waals surface area (Å²) in [6, 6.07) is 6.13. The van der Waals surface area contributed by atoms with Crippen LogP contribution in [0.5, 0.6) is 0 Å². The fourth-order valence-electron chi connectivity index (χ4n) is 2.46. The molecule has 4 rings (SSSR count). The highest BCUT2D eigenvalue weighted by atomic mass is 32.1. The lowest BCUT2D eigenvalue weighted by Gasteiger charge is -2.04. The number of hydrogen-bond donors (Lipinski definition) is 1. The molecule has 24 heavy (non-hydrogen) atoms. The lowest BCUT2D eigenvalue weighted by molar-refractivity contribution is 0.367. The van der Waals surface area contributed by atoms with E-state index in [0.717, 1.165) is 40.1 Å². The molecule has 0 atom stereocenters. The maximum Gasteiger partial charge on any atom is 0.228 e. The summed E-state index contributed by atoms with van der Waals surface area (Å²) in [6.07, 6.45) is 7.02. The van der Waals surface area contributed by atoms with Crippen molar-refractivity contribution in [1.82, 2.24) is 29.9 Å². The highest BCUT2D eigenvalue weighted by Gasteiger charge is 2.12. The van der Waals surface area contributed by atoms with E-state index >= 15 is 0 Å². The maximum absolute atomic E-state index is 5.25. The van der Waals surface area contributed by atoms with Gasteiger partial charge in [0.2, 0.25) is 5.89 Å². The van der Waals surface area contributed by atoms with Crippen LogP contribution in [0, 0.1) is 0 Å². The molecule has 122 valence electrons. The van der Waals surface area contributed by atoms with Gasteiger partial charge in [-0.3, -0.25) is 5.10 Å². The third kappa shape index (κ3) is 2.88. The van der Waals surface area contributed by atoms with E-state index in [9.17, 15) is 0 Å². The summed E-state index contributed by atoms with van der Waals surface area (Å²) in [5.74, 6) is 2.36. The van der Waals surface area contributed by atoms with Crippen LogP contribution in [0.4, 0.5) is 0 Å². The van der Waals surface area contributed by atoms with Gasteiger partial charge in [0.25, 0.3) is 0 Å². The molecule has 0 aromatic carbocycles. The number of imidazole rings is 1. The largest absolute Gasteiger partial charge is 0.339 e. The van der Waals surface area contributed by atoms with Crippen molar-refractivity contribution in [3.8, 4) is 21.3 Å². The van der Waals surface area contributed by atoms with E-state index in [1.807, 2.05) is 25.4 Å². The molecule has 0 aliphatic rings. The first kappa shape index (κ1) is 14.8. The second-order valence-electron chi connectivity index (χ2n) is 5.29. The van der Waals surface area contributed by atoms with Crippen molar-refractivity contribution >= 4 is 11.3 Å². The van der Waals surface area contributed by atoms with Crippen LogP contribution in [0.25, 0.3) is 21.3 Å². The number of aromatic amines is 1. The Labute approximate surface area is 142 Å². The number of aryl methyl sites for hydroxylation is 3. The quantitative estimate of drug-likeness (QED) is 0.582. The van der Waals surface area contributed by atoms with Gasteiger partial charge in [0.05, 0.1) is 15.4 Å². The van der Waals surface area contributed by atoms with Crippen LogP contribution in [0.15, 0.2) is 41.3 Å². The van der Waals surface area contributed by atoms with E-state index < -0.39 is 0 Å². The SMILES string of the molecule is CCc1noc(CCn2ccnc2-c2ccc(-c3ccn[nH]3)s2)n1. The molecular formula is C16H16N6OS. The number of rotatable bonds is 6. The molecule has 4 heterocycles. The Hall–Kier alpha value is -2.74. The molecule has 0 radical (unpaired) electrons. The molecule has 0 unspecified atom stereocenters. The molecule has 0 fully saturated rings. The molecule has 0 saturated heterocycles. The lowest BCUT2D eigenvalue weighted by Crippen LogP contribution is -2.02. The minimum atomic E-state index is 0.663. The Morgan fingerprint density at radius 2 is 2.12 bits per heavy atom. The van der Waals surface area contributed by atoms with E-state index in [2.05, 4.69) is 42.0 Å². The lowest BCUT2D eigenvalue weighted by atomic mass is 10.3. The molecule has 0 aliphatic carbocycles. The van der Waals surface area contributed by atoms with Crippen LogP contribution in [-0.2, 0) is 19.4 Å². The Balaban J connectivity index is 1.52. The Bertz CT molecular complexity index is 920. The number of aromatic nitrogens is 6. The highest BCUT2D eigenvalue weighted by molar-refractivity contribution is 7.18. The molecule has 4 aromatic rings. The van der Waals surface area contributed by atoms with Crippen molar-refractivity contribution in [1.29, 1.82) is 0 Å². The number of nitrogens with zero attached hydrogens (tertiary/aromatic N) is 5. The van der Waals surface area contributed by atoms with E-state index in [1.54, 1.807) is 17.5 Å². The average molecular weight is 340 g/mol. The van der Waals surface area contributed by atoms with Crippen LogP contribution < -0.4 is 0 Å². The van der Waals surface area contributed by atoms with Crippen molar-refractivity contribution in [3.05, 3.63) is 48.5 Å². The topological polar surface area (TPSA) is 85.4 Å². The van der Waals surface area contributed by atoms with Gasteiger partial charge in [0.15, 0.2) is 5.82 Å². The summed E-state index contributed by atoms with van der Waals surface area (Å²) in [6.45, 7) is 2.76. The van der Waals surface area contributed by atoms with Crippen LogP contribution in [-0.4, -0.2) is 29.9 Å². The summed E-state index contributed by atoms with van der Waals surface area (Å²) in [5, 5.41) is 10.9. The van der Waals surface area contributed by atoms with E-state index in [-0.39, 0.29) is 0 Å². The van der Waals surface area contributed by atoms with Gasteiger partial charge in [-0.05, 0) is 18.2 Å². The molecule has 0 spiro atoms. The van der Waals surface area contributed by atoms with Gasteiger partial charge in [-0.2, -0.15) is 10.1 Å². The van der Waals surface area contributed by atoms with E-state index in [0.29, 0.717) is 12.3 Å². The molecule has 8 heteroatoms. The van der Waals surface area contributed by atoms with Gasteiger partial charge in [0, 0.05) is 38.0 Å². The third-order valence-corrected chi connectivity index (χ3v) is 4.82. The van der Waals surface area contributed by atoms with E-state index in [4.69, 9.17) is 4.52 Å². The molecular weight excluding hydrogens is 324 g/mol. The molecule has 0 amide bonds. The normalized spacial score (nSPS) is 11.2. The first-order valence-corrected chi connectivity index (χ1v) is 8.57. The van der Waals surface area contributed by atoms with Crippen LogP contribution in [0.2, 0.25) is 0 Å². The van der Waals surface area contributed by atoms with Crippen molar-refractivity contribution < 1.29 is 4.52 Å². The summed E-state index contributed by atoms with van der Waals surface area (Å²) in [7, 11) is 0. The van der Waals surface area contributed by atoms with Gasteiger partial charge in [-0.15, -0.1) is 11.3 Å². The maximum atomic E-state index is 5.25. The van der Waals surface area contributed by atoms with Crippen LogP contribution in [0.3, 0.4) is 0 Å². The second kappa shape index (κ2) is 6.40. The molecule has 7 nitrogen and oxygen atoms in total. The Kier molecular flexibility index (Phi) is 3.96. The molecule has 0 aliphatic heterocycles. The summed E-state index contributed by atoms with van der Waals surface area (Å²) < 4.78 is 7.36. The van der Waals surface area contributed by atoms with Crippen molar-refractivity contribution in [2.24, 2.45) is 0 Å². The number of hydrogen-bond acceptors (Lipinski definition) is 6. The summed E-state index contributed by atoms with van der Waals surface area (Å²) in [4.78, 5) is 11.1. The van der Waals surface area contributed by atoms with Crippen LogP contribution >= 0.6 is 11.3 Å². The van der Waals surface area contributed by atoms with Crippen molar-refractivity contribution in [2.45, 2.75) is 26.3 Å². The van der Waals surface area contributed by atoms with Gasteiger partial charge in [0.1, 0.15) is 5.82 Å². The van der Waals surface area contributed by atoms with E-state index in [1.165, 1.54) is 0 Å². The third-order valence-electron chi connectivity index (χ3n) is 3.70. The zero-order valence-corrected chi connectivity index (χ0v) is 14.0. The Morgan fingerprint density at radius 1 is 1.21 bits per heavy atom. The number of H-pyrrole nitrogens is 1. The summed E-state index contributed by atoms with van der Waals surface area (Å²) >= 11 is 1.69. The standard InChI is InChI=1S/C16H16N6OS/c1-2-14-19-15(23-21-14)6-9-22-10-8-17-16(22)13-4-3-12(24-13)11-5-7-18-20-11/h3-5,7-8,10H,2,6,9H2,1H3,(H,18,20). The fourth-order valence-corrected chi connectivity index (χ4v) is 3.46. The first-order valence-electron chi connectivity index (χ1n) is 7.76. The smallest absolute Gasteiger partial charge is 0.228 e. The van der Waals surface area contributed by atoms with Gasteiger partial charge >= 0.3 is 0 Å². The van der Waals surface area contributed by atoms with Crippen molar-refractivity contribution in [2.75, 3.05) is 0 Å². The van der Waals surface area contributed by atoms with Gasteiger partial charge in [-0.25, -0.2) is 4.98 Å². The second-order valence-corrected chi connectivity index (χ2v) is 6.37. The highest BCUT2D eigenvalue weighted by Crippen LogP contribution is 2.32. The van der Waals surface area contributed by atoms with Crippen molar-refractivity contribution in [3.63, 3.8) is 0 Å². The molecule has 4 aromatic heterocycles. The predicted octanol–water partition coefficient (Wildman–Crippen LogP) is 3.19. The zero-order valence-electron chi connectivity index (χ0n) is 13.1. The summed E-state index contributed by atoms with van der Waals surface area (Å²) in [5.41, 5.74) is 1.02. The molecule has 0 saturated carbocycles. The monoisotopic (exact) mass is 340 g/mol. The number of thiophene rings is 1. The van der Waals surface area contributed by atoms with Gasteiger partial charge < -0.3 is 9.09 Å².